The van der Waals surface area contributed by atoms with Crippen molar-refractivity contribution in [2.45, 2.75) is 31.7 Å². The van der Waals surface area contributed by atoms with Gasteiger partial charge in [0.05, 0.1) is 6.54 Å². The summed E-state index contributed by atoms with van der Waals surface area (Å²) in [6.45, 7) is 1.24. The zero-order valence-electron chi connectivity index (χ0n) is 16.5. The molecule has 6 nitrogen and oxygen atoms in total. The molecular weight excluding hydrogens is 366 g/mol. The summed E-state index contributed by atoms with van der Waals surface area (Å²) in [5, 5.41) is 5.58. The fraction of sp³-hybridized carbons (Fsp3) is 0.348. The van der Waals surface area contributed by atoms with Crippen molar-refractivity contribution in [3.63, 3.8) is 0 Å². The first-order chi connectivity index (χ1) is 14.1. The number of rotatable bonds is 7. The number of carbonyl (C=O) groups excluding carboxylic acids is 3. The molecule has 152 valence electrons. The molecule has 0 radical (unpaired) electrons. The van der Waals surface area contributed by atoms with Crippen LogP contribution < -0.4 is 10.6 Å². The molecular formula is C23H27N3O3. The third-order valence-electron chi connectivity index (χ3n) is 5.13. The van der Waals surface area contributed by atoms with E-state index in [1.165, 1.54) is 5.56 Å². The second-order valence-corrected chi connectivity index (χ2v) is 7.26. The number of piperidine rings is 1. The van der Waals surface area contributed by atoms with Crippen molar-refractivity contribution < 1.29 is 14.4 Å². The summed E-state index contributed by atoms with van der Waals surface area (Å²) in [7, 11) is 0. The molecule has 0 bridgehead atoms. The van der Waals surface area contributed by atoms with Crippen LogP contribution in [-0.2, 0) is 16.0 Å². The molecule has 2 aromatic rings. The van der Waals surface area contributed by atoms with Crippen molar-refractivity contribution >= 4 is 17.7 Å². The lowest BCUT2D eigenvalue weighted by Gasteiger charge is -2.32. The van der Waals surface area contributed by atoms with E-state index in [-0.39, 0.29) is 30.3 Å². The van der Waals surface area contributed by atoms with Gasteiger partial charge in [-0.3, -0.25) is 14.4 Å². The molecule has 2 aromatic carbocycles. The number of likely N-dealkylation sites (tertiary alicyclic amines) is 1. The number of hydrogen-bond donors (Lipinski definition) is 2. The zero-order chi connectivity index (χ0) is 20.5. The maximum atomic E-state index is 12.4. The topological polar surface area (TPSA) is 78.5 Å². The molecule has 29 heavy (non-hydrogen) atoms. The van der Waals surface area contributed by atoms with E-state index in [0.717, 1.165) is 19.3 Å². The fourth-order valence-electron chi connectivity index (χ4n) is 3.46. The number of benzene rings is 2. The summed E-state index contributed by atoms with van der Waals surface area (Å²) in [5.41, 5.74) is 1.70. The van der Waals surface area contributed by atoms with Gasteiger partial charge in [0.25, 0.3) is 5.91 Å². The van der Waals surface area contributed by atoms with Gasteiger partial charge in [-0.1, -0.05) is 48.5 Å². The third kappa shape index (κ3) is 6.45. The summed E-state index contributed by atoms with van der Waals surface area (Å²) in [6.07, 6.45) is 2.72. The Kier molecular flexibility index (Phi) is 7.39. The SMILES string of the molecule is O=C(CNC(=O)c1ccccc1)NC1CCN(C(=O)CCc2ccccc2)CC1. The van der Waals surface area contributed by atoms with Gasteiger partial charge in [-0.2, -0.15) is 0 Å². The molecule has 1 aliphatic rings. The Morgan fingerprint density at radius 3 is 2.17 bits per heavy atom. The Morgan fingerprint density at radius 1 is 0.897 bits per heavy atom. The highest BCUT2D eigenvalue weighted by molar-refractivity contribution is 5.96. The van der Waals surface area contributed by atoms with Gasteiger partial charge in [-0.05, 0) is 37.0 Å². The summed E-state index contributed by atoms with van der Waals surface area (Å²) < 4.78 is 0. The van der Waals surface area contributed by atoms with Crippen LogP contribution in [0.25, 0.3) is 0 Å². The molecule has 1 fully saturated rings. The minimum absolute atomic E-state index is 0.0364. The van der Waals surface area contributed by atoms with E-state index in [2.05, 4.69) is 10.6 Å². The van der Waals surface area contributed by atoms with Gasteiger partial charge >= 0.3 is 0 Å². The smallest absolute Gasteiger partial charge is 0.251 e. The van der Waals surface area contributed by atoms with Gasteiger partial charge in [-0.15, -0.1) is 0 Å². The maximum Gasteiger partial charge on any atom is 0.251 e. The van der Waals surface area contributed by atoms with Crippen LogP contribution in [0.2, 0.25) is 0 Å². The lowest BCUT2D eigenvalue weighted by molar-refractivity contribution is -0.132. The van der Waals surface area contributed by atoms with Crippen LogP contribution in [0.1, 0.15) is 35.2 Å². The fourth-order valence-corrected chi connectivity index (χ4v) is 3.46. The highest BCUT2D eigenvalue weighted by Crippen LogP contribution is 2.13. The van der Waals surface area contributed by atoms with Crippen molar-refractivity contribution in [2.24, 2.45) is 0 Å². The predicted molar refractivity (Wildman–Crippen MR) is 111 cm³/mol. The van der Waals surface area contributed by atoms with E-state index in [0.29, 0.717) is 25.1 Å². The van der Waals surface area contributed by atoms with E-state index in [9.17, 15) is 14.4 Å². The molecule has 0 aliphatic carbocycles. The van der Waals surface area contributed by atoms with Gasteiger partial charge in [-0.25, -0.2) is 0 Å². The Morgan fingerprint density at radius 2 is 1.52 bits per heavy atom. The standard InChI is InChI=1S/C23H27N3O3/c27-21(17-24-23(29)19-9-5-2-6-10-19)25-20-13-15-26(16-14-20)22(28)12-11-18-7-3-1-4-8-18/h1-10,20H,11-17H2,(H,24,29)(H,25,27). The van der Waals surface area contributed by atoms with Gasteiger partial charge < -0.3 is 15.5 Å². The van der Waals surface area contributed by atoms with Crippen molar-refractivity contribution in [2.75, 3.05) is 19.6 Å². The quantitative estimate of drug-likeness (QED) is 0.757. The van der Waals surface area contributed by atoms with Crippen LogP contribution in [0.5, 0.6) is 0 Å². The monoisotopic (exact) mass is 393 g/mol. The number of nitrogens with zero attached hydrogens (tertiary/aromatic N) is 1. The van der Waals surface area contributed by atoms with E-state index in [1.807, 2.05) is 41.3 Å². The second-order valence-electron chi connectivity index (χ2n) is 7.26. The zero-order valence-corrected chi connectivity index (χ0v) is 16.5. The molecule has 0 aromatic heterocycles. The van der Waals surface area contributed by atoms with Crippen molar-refractivity contribution in [1.82, 2.24) is 15.5 Å². The van der Waals surface area contributed by atoms with Crippen LogP contribution >= 0.6 is 0 Å². The molecule has 3 rings (SSSR count). The molecule has 1 heterocycles. The highest BCUT2D eigenvalue weighted by Gasteiger charge is 2.23. The van der Waals surface area contributed by atoms with Gasteiger partial charge in [0.1, 0.15) is 0 Å². The average Bonchev–Trinajstić information content (AvgIpc) is 2.77. The number of carbonyl (C=O) groups is 3. The first kappa shape index (κ1) is 20.6. The van der Waals surface area contributed by atoms with Crippen molar-refractivity contribution in [3.8, 4) is 0 Å². The first-order valence-corrected chi connectivity index (χ1v) is 10.1. The highest BCUT2D eigenvalue weighted by atomic mass is 16.2. The molecule has 2 N–H and O–H groups in total. The Balaban J connectivity index is 1.34. The molecule has 0 saturated carbocycles. The molecule has 3 amide bonds. The number of amides is 3. The number of aryl methyl sites for hydroxylation is 1. The minimum Gasteiger partial charge on any atom is -0.352 e. The molecule has 0 spiro atoms. The Hall–Kier alpha value is -3.15. The summed E-state index contributed by atoms with van der Waals surface area (Å²) in [4.78, 5) is 38.4. The lowest BCUT2D eigenvalue weighted by atomic mass is 10.0. The molecule has 0 unspecified atom stereocenters. The van der Waals surface area contributed by atoms with Crippen LogP contribution in [0.4, 0.5) is 0 Å². The van der Waals surface area contributed by atoms with Crippen LogP contribution in [0, 0.1) is 0 Å². The molecule has 6 heteroatoms. The van der Waals surface area contributed by atoms with Gasteiger partial charge in [0.15, 0.2) is 0 Å². The van der Waals surface area contributed by atoms with E-state index in [1.54, 1.807) is 24.3 Å². The van der Waals surface area contributed by atoms with E-state index in [4.69, 9.17) is 0 Å². The van der Waals surface area contributed by atoms with E-state index >= 15 is 0 Å². The van der Waals surface area contributed by atoms with E-state index < -0.39 is 0 Å². The van der Waals surface area contributed by atoms with Crippen molar-refractivity contribution in [1.29, 1.82) is 0 Å². The molecule has 1 saturated heterocycles. The number of nitrogens with one attached hydrogen (secondary N) is 2. The summed E-state index contributed by atoms with van der Waals surface area (Å²) in [6, 6.07) is 18.8. The molecule has 0 atom stereocenters. The Labute approximate surface area is 171 Å². The van der Waals surface area contributed by atoms with Gasteiger partial charge in [0, 0.05) is 31.1 Å². The second kappa shape index (κ2) is 10.4. The van der Waals surface area contributed by atoms with Crippen LogP contribution in [0.15, 0.2) is 60.7 Å². The van der Waals surface area contributed by atoms with Crippen LogP contribution in [0.3, 0.4) is 0 Å². The number of hydrogen-bond acceptors (Lipinski definition) is 3. The van der Waals surface area contributed by atoms with Crippen molar-refractivity contribution in [3.05, 3.63) is 71.8 Å². The Bertz CT molecular complexity index is 816. The largest absolute Gasteiger partial charge is 0.352 e. The predicted octanol–water partition coefficient (Wildman–Crippen LogP) is 2.16. The minimum atomic E-state index is -0.264. The maximum absolute atomic E-state index is 12.4. The van der Waals surface area contributed by atoms with Crippen LogP contribution in [-0.4, -0.2) is 48.3 Å². The third-order valence-corrected chi connectivity index (χ3v) is 5.13. The normalized spacial score (nSPS) is 14.3. The first-order valence-electron chi connectivity index (χ1n) is 10.1. The molecule has 1 aliphatic heterocycles. The van der Waals surface area contributed by atoms with Gasteiger partial charge in [0.2, 0.25) is 11.8 Å². The lowest BCUT2D eigenvalue weighted by Crippen LogP contribution is -2.48. The average molecular weight is 393 g/mol. The summed E-state index contributed by atoms with van der Waals surface area (Å²) in [5.74, 6) is -0.309. The summed E-state index contributed by atoms with van der Waals surface area (Å²) >= 11 is 0.